The molecule has 2 aromatic rings. The molecule has 0 bridgehead atoms. The van der Waals surface area contributed by atoms with E-state index in [2.05, 4.69) is 36.4 Å². The number of carbonyl (C=O) groups is 2. The van der Waals surface area contributed by atoms with Gasteiger partial charge in [-0.15, -0.1) is 0 Å². The summed E-state index contributed by atoms with van der Waals surface area (Å²) in [6.45, 7) is 5.68. The summed E-state index contributed by atoms with van der Waals surface area (Å²) in [6.07, 6.45) is 2.16. The third-order valence-electron chi connectivity index (χ3n) is 4.72. The second-order valence-corrected chi connectivity index (χ2v) is 8.68. The number of aryl methyl sites for hydroxylation is 1. The van der Waals surface area contributed by atoms with Crippen molar-refractivity contribution in [1.82, 2.24) is 0 Å². The lowest BCUT2D eigenvalue weighted by Crippen LogP contribution is -2.24. The van der Waals surface area contributed by atoms with Crippen LogP contribution in [0, 0.1) is 0 Å². The Morgan fingerprint density at radius 1 is 0.903 bits per heavy atom. The van der Waals surface area contributed by atoms with Crippen molar-refractivity contribution >= 4 is 11.9 Å². The standard InChI is InChI=1S/C26H34O5/c1-26(2,3)31-24(28)14-7-8-19-30-25(29)23(27)13-9-10-20-15-17-22(18-16-20)21-11-5-4-6-12-21/h4-6,11-12,15-18,23,27H,7-10,13-14,19H2,1-3H3. The summed E-state index contributed by atoms with van der Waals surface area (Å²) in [5.41, 5.74) is 3.03. The van der Waals surface area contributed by atoms with Crippen LogP contribution in [0.4, 0.5) is 0 Å². The molecule has 31 heavy (non-hydrogen) atoms. The zero-order chi connectivity index (χ0) is 22.7. The largest absolute Gasteiger partial charge is 0.464 e. The van der Waals surface area contributed by atoms with Gasteiger partial charge in [-0.3, -0.25) is 4.79 Å². The zero-order valence-electron chi connectivity index (χ0n) is 18.8. The maximum absolute atomic E-state index is 11.9. The smallest absolute Gasteiger partial charge is 0.334 e. The summed E-state index contributed by atoms with van der Waals surface area (Å²) in [7, 11) is 0. The molecule has 5 heteroatoms. The average Bonchev–Trinajstić information content (AvgIpc) is 2.73. The number of benzene rings is 2. The van der Waals surface area contributed by atoms with E-state index in [0.717, 1.165) is 6.42 Å². The number of esters is 2. The van der Waals surface area contributed by atoms with E-state index >= 15 is 0 Å². The Balaban J connectivity index is 1.60. The van der Waals surface area contributed by atoms with E-state index in [0.29, 0.717) is 32.1 Å². The fraction of sp³-hybridized carbons (Fsp3) is 0.462. The van der Waals surface area contributed by atoms with Crippen LogP contribution in [0.15, 0.2) is 54.6 Å². The van der Waals surface area contributed by atoms with E-state index in [4.69, 9.17) is 9.47 Å². The van der Waals surface area contributed by atoms with Gasteiger partial charge in [-0.05, 0) is 69.6 Å². The van der Waals surface area contributed by atoms with E-state index in [1.807, 2.05) is 39.0 Å². The first-order valence-electron chi connectivity index (χ1n) is 11.0. The molecular weight excluding hydrogens is 392 g/mol. The number of hydrogen-bond donors (Lipinski definition) is 1. The first kappa shape index (κ1) is 24.6. The van der Waals surface area contributed by atoms with Crippen molar-refractivity contribution in [2.24, 2.45) is 0 Å². The van der Waals surface area contributed by atoms with Crippen molar-refractivity contribution in [3.8, 4) is 11.1 Å². The first-order valence-corrected chi connectivity index (χ1v) is 11.0. The predicted octanol–water partition coefficient (Wildman–Crippen LogP) is 5.09. The fourth-order valence-electron chi connectivity index (χ4n) is 3.14. The van der Waals surface area contributed by atoms with Crippen LogP contribution in [0.1, 0.15) is 58.4 Å². The molecule has 0 amide bonds. The number of rotatable bonds is 11. The highest BCUT2D eigenvalue weighted by molar-refractivity contribution is 5.74. The molecule has 2 aromatic carbocycles. The summed E-state index contributed by atoms with van der Waals surface area (Å²) >= 11 is 0. The van der Waals surface area contributed by atoms with Crippen LogP contribution in [0.25, 0.3) is 11.1 Å². The lowest BCUT2D eigenvalue weighted by Gasteiger charge is -2.19. The lowest BCUT2D eigenvalue weighted by molar-refractivity contribution is -0.155. The molecule has 1 unspecified atom stereocenters. The molecule has 0 aliphatic heterocycles. The molecule has 0 aliphatic rings. The molecule has 0 fully saturated rings. The molecule has 0 radical (unpaired) electrons. The molecule has 0 saturated heterocycles. The zero-order valence-corrected chi connectivity index (χ0v) is 18.8. The fourth-order valence-corrected chi connectivity index (χ4v) is 3.14. The molecule has 2 rings (SSSR count). The van der Waals surface area contributed by atoms with E-state index in [1.165, 1.54) is 16.7 Å². The van der Waals surface area contributed by atoms with Crippen LogP contribution < -0.4 is 0 Å². The summed E-state index contributed by atoms with van der Waals surface area (Å²) < 4.78 is 10.3. The molecule has 0 heterocycles. The van der Waals surface area contributed by atoms with Gasteiger partial charge in [0.1, 0.15) is 5.60 Å². The van der Waals surface area contributed by atoms with Crippen molar-refractivity contribution in [3.05, 3.63) is 60.2 Å². The Kier molecular flexibility index (Phi) is 9.73. The predicted molar refractivity (Wildman–Crippen MR) is 121 cm³/mol. The van der Waals surface area contributed by atoms with Crippen LogP contribution in [0.2, 0.25) is 0 Å². The van der Waals surface area contributed by atoms with Crippen molar-refractivity contribution in [1.29, 1.82) is 0 Å². The highest BCUT2D eigenvalue weighted by Crippen LogP contribution is 2.20. The van der Waals surface area contributed by atoms with Crippen molar-refractivity contribution in [2.45, 2.75) is 71.0 Å². The van der Waals surface area contributed by atoms with Crippen LogP contribution in [-0.4, -0.2) is 35.4 Å². The summed E-state index contributed by atoms with van der Waals surface area (Å²) in [5.74, 6) is -0.854. The van der Waals surface area contributed by atoms with Crippen LogP contribution >= 0.6 is 0 Å². The van der Waals surface area contributed by atoms with Gasteiger partial charge in [0.15, 0.2) is 6.10 Å². The molecule has 0 saturated carbocycles. The average molecular weight is 427 g/mol. The third-order valence-corrected chi connectivity index (χ3v) is 4.72. The van der Waals surface area contributed by atoms with E-state index in [1.54, 1.807) is 0 Å². The quantitative estimate of drug-likeness (QED) is 0.400. The monoisotopic (exact) mass is 426 g/mol. The Morgan fingerprint density at radius 2 is 1.55 bits per heavy atom. The maximum atomic E-state index is 11.9. The van der Waals surface area contributed by atoms with Gasteiger partial charge in [0.2, 0.25) is 0 Å². The summed E-state index contributed by atoms with van der Waals surface area (Å²) in [5, 5.41) is 10.0. The second-order valence-electron chi connectivity index (χ2n) is 8.68. The number of aliphatic hydroxyl groups excluding tert-OH is 1. The topological polar surface area (TPSA) is 72.8 Å². The molecule has 0 aliphatic carbocycles. The normalized spacial score (nSPS) is 12.3. The van der Waals surface area contributed by atoms with Crippen LogP contribution in [-0.2, 0) is 25.5 Å². The number of hydrogen-bond acceptors (Lipinski definition) is 5. The minimum Gasteiger partial charge on any atom is -0.464 e. The van der Waals surface area contributed by atoms with Gasteiger partial charge in [0, 0.05) is 6.42 Å². The van der Waals surface area contributed by atoms with Crippen LogP contribution in [0.3, 0.4) is 0 Å². The molecule has 1 atom stereocenters. The van der Waals surface area contributed by atoms with Gasteiger partial charge in [-0.2, -0.15) is 0 Å². The summed E-state index contributed by atoms with van der Waals surface area (Å²) in [4.78, 5) is 23.5. The SMILES string of the molecule is CC(C)(C)OC(=O)CCCCOC(=O)C(O)CCCc1ccc(-c2ccccc2)cc1. The van der Waals surface area contributed by atoms with Gasteiger partial charge in [0.25, 0.3) is 0 Å². The minimum absolute atomic E-state index is 0.194. The second kappa shape index (κ2) is 12.3. The van der Waals surface area contributed by atoms with Gasteiger partial charge >= 0.3 is 11.9 Å². The number of unbranched alkanes of at least 4 members (excludes halogenated alkanes) is 1. The first-order chi connectivity index (χ1) is 14.7. The van der Waals surface area contributed by atoms with E-state index in [9.17, 15) is 14.7 Å². The van der Waals surface area contributed by atoms with Crippen molar-refractivity contribution in [2.75, 3.05) is 6.61 Å². The van der Waals surface area contributed by atoms with E-state index < -0.39 is 17.7 Å². The number of ether oxygens (including phenoxy) is 2. The van der Waals surface area contributed by atoms with Crippen LogP contribution in [0.5, 0.6) is 0 Å². The molecule has 0 spiro atoms. The third kappa shape index (κ3) is 9.79. The Hall–Kier alpha value is -2.66. The molecule has 0 aromatic heterocycles. The Bertz CT molecular complexity index is 806. The lowest BCUT2D eigenvalue weighted by atomic mass is 10.0. The highest BCUT2D eigenvalue weighted by Gasteiger charge is 2.17. The van der Waals surface area contributed by atoms with Gasteiger partial charge < -0.3 is 14.6 Å². The van der Waals surface area contributed by atoms with E-state index in [-0.39, 0.29) is 12.6 Å². The number of aliphatic hydroxyl groups is 1. The number of carbonyl (C=O) groups excluding carboxylic acids is 2. The van der Waals surface area contributed by atoms with Gasteiger partial charge in [0.05, 0.1) is 6.61 Å². The summed E-state index contributed by atoms with van der Waals surface area (Å²) in [6, 6.07) is 18.5. The Morgan fingerprint density at radius 3 is 2.19 bits per heavy atom. The minimum atomic E-state index is -1.12. The molecular formula is C26H34O5. The van der Waals surface area contributed by atoms with Gasteiger partial charge in [-0.25, -0.2) is 4.79 Å². The highest BCUT2D eigenvalue weighted by atomic mass is 16.6. The van der Waals surface area contributed by atoms with Gasteiger partial charge in [-0.1, -0.05) is 54.6 Å². The maximum Gasteiger partial charge on any atom is 0.334 e. The van der Waals surface area contributed by atoms with Crippen molar-refractivity contribution in [3.63, 3.8) is 0 Å². The molecule has 5 nitrogen and oxygen atoms in total. The van der Waals surface area contributed by atoms with Crippen molar-refractivity contribution < 1.29 is 24.2 Å². The molecule has 168 valence electrons. The molecule has 1 N–H and O–H groups in total. The Labute approximate surface area is 185 Å².